The molecule has 0 aliphatic heterocycles. The van der Waals surface area contributed by atoms with Crippen molar-refractivity contribution in [2.45, 2.75) is 51.7 Å². The molecule has 1 saturated carbocycles. The predicted molar refractivity (Wildman–Crippen MR) is 95.2 cm³/mol. The van der Waals surface area contributed by atoms with Crippen LogP contribution in [-0.2, 0) is 9.53 Å². The average Bonchev–Trinajstić information content (AvgIpc) is 2.56. The Morgan fingerprint density at radius 3 is 2.62 bits per heavy atom. The van der Waals surface area contributed by atoms with Crippen LogP contribution in [-0.4, -0.2) is 38.1 Å². The van der Waals surface area contributed by atoms with Crippen molar-refractivity contribution in [1.82, 2.24) is 5.32 Å². The molecule has 0 aromatic heterocycles. The van der Waals surface area contributed by atoms with E-state index in [1.807, 2.05) is 25.1 Å². The molecule has 0 bridgehead atoms. The lowest BCUT2D eigenvalue weighted by molar-refractivity contribution is -0.130. The zero-order valence-corrected chi connectivity index (χ0v) is 15.0. The third kappa shape index (κ3) is 4.73. The van der Waals surface area contributed by atoms with Gasteiger partial charge in [-0.3, -0.25) is 4.79 Å². The summed E-state index contributed by atoms with van der Waals surface area (Å²) < 4.78 is 5.34. The molecule has 1 N–H and O–H groups in total. The summed E-state index contributed by atoms with van der Waals surface area (Å²) in [7, 11) is 3.82. The maximum atomic E-state index is 12.3. The van der Waals surface area contributed by atoms with E-state index >= 15 is 0 Å². The molecule has 3 atom stereocenters. The highest BCUT2D eigenvalue weighted by Gasteiger charge is 2.26. The molecule has 0 heterocycles. The lowest BCUT2D eigenvalue weighted by atomic mass is 9.86. The van der Waals surface area contributed by atoms with E-state index < -0.39 is 12.1 Å². The molecule has 1 aliphatic carbocycles. The third-order valence-corrected chi connectivity index (χ3v) is 4.69. The Morgan fingerprint density at radius 1 is 1.25 bits per heavy atom. The summed E-state index contributed by atoms with van der Waals surface area (Å²) in [5.74, 6) is -0.216. The van der Waals surface area contributed by atoms with Gasteiger partial charge in [-0.2, -0.15) is 0 Å². The molecular formula is C19H28N2O3. The fourth-order valence-corrected chi connectivity index (χ4v) is 3.02. The summed E-state index contributed by atoms with van der Waals surface area (Å²) >= 11 is 0. The van der Waals surface area contributed by atoms with E-state index in [1.165, 1.54) is 6.42 Å². The van der Waals surface area contributed by atoms with Crippen LogP contribution in [0.15, 0.2) is 24.3 Å². The zero-order chi connectivity index (χ0) is 17.7. The van der Waals surface area contributed by atoms with Crippen LogP contribution in [0.4, 0.5) is 5.69 Å². The van der Waals surface area contributed by atoms with E-state index in [9.17, 15) is 9.59 Å². The summed E-state index contributed by atoms with van der Waals surface area (Å²) in [5.41, 5.74) is 1.37. The van der Waals surface area contributed by atoms with Gasteiger partial charge in [-0.05, 0) is 43.9 Å². The number of carbonyl (C=O) groups is 2. The molecule has 0 unspecified atom stereocenters. The number of hydrogen-bond donors (Lipinski definition) is 1. The number of rotatable bonds is 5. The van der Waals surface area contributed by atoms with Crippen molar-refractivity contribution in [2.75, 3.05) is 19.0 Å². The van der Waals surface area contributed by atoms with Crippen molar-refractivity contribution in [3.05, 3.63) is 29.8 Å². The monoisotopic (exact) mass is 332 g/mol. The minimum atomic E-state index is -0.797. The number of ether oxygens (including phenoxy) is 1. The van der Waals surface area contributed by atoms with Crippen LogP contribution >= 0.6 is 0 Å². The summed E-state index contributed by atoms with van der Waals surface area (Å²) in [4.78, 5) is 26.5. The molecule has 0 radical (unpaired) electrons. The maximum Gasteiger partial charge on any atom is 0.338 e. The van der Waals surface area contributed by atoms with Gasteiger partial charge in [-0.15, -0.1) is 0 Å². The number of hydrogen-bond acceptors (Lipinski definition) is 4. The summed E-state index contributed by atoms with van der Waals surface area (Å²) in [6, 6.07) is 7.36. The molecule has 0 saturated heterocycles. The van der Waals surface area contributed by atoms with Crippen molar-refractivity contribution in [3.8, 4) is 0 Å². The molecule has 5 heteroatoms. The average molecular weight is 332 g/mol. The first-order chi connectivity index (χ1) is 11.4. The summed E-state index contributed by atoms with van der Waals surface area (Å²) in [5, 5.41) is 3.03. The fourth-order valence-electron chi connectivity index (χ4n) is 3.02. The molecule has 2 rings (SSSR count). The number of benzene rings is 1. The highest BCUT2D eigenvalue weighted by atomic mass is 16.5. The molecule has 24 heavy (non-hydrogen) atoms. The highest BCUT2D eigenvalue weighted by Crippen LogP contribution is 2.24. The second-order valence-electron chi connectivity index (χ2n) is 6.87. The topological polar surface area (TPSA) is 58.6 Å². The van der Waals surface area contributed by atoms with Gasteiger partial charge in [0, 0.05) is 25.8 Å². The second kappa shape index (κ2) is 8.18. The van der Waals surface area contributed by atoms with E-state index in [1.54, 1.807) is 25.1 Å². The first-order valence-electron chi connectivity index (χ1n) is 8.67. The van der Waals surface area contributed by atoms with E-state index in [0.29, 0.717) is 11.5 Å². The van der Waals surface area contributed by atoms with Gasteiger partial charge in [-0.25, -0.2) is 4.79 Å². The molecule has 1 aromatic carbocycles. The molecule has 5 nitrogen and oxygen atoms in total. The number of amides is 1. The van der Waals surface area contributed by atoms with Crippen molar-refractivity contribution in [3.63, 3.8) is 0 Å². The van der Waals surface area contributed by atoms with Gasteiger partial charge < -0.3 is 15.0 Å². The summed E-state index contributed by atoms with van der Waals surface area (Å²) in [6.07, 6.45) is 3.70. The number of anilines is 1. The molecular weight excluding hydrogens is 304 g/mol. The van der Waals surface area contributed by atoms with Crippen LogP contribution in [0.3, 0.4) is 0 Å². The Balaban J connectivity index is 1.93. The minimum absolute atomic E-state index is 0.185. The van der Waals surface area contributed by atoms with Crippen molar-refractivity contribution in [1.29, 1.82) is 0 Å². The van der Waals surface area contributed by atoms with Gasteiger partial charge in [0.25, 0.3) is 5.91 Å². The van der Waals surface area contributed by atoms with Gasteiger partial charge in [-0.1, -0.05) is 25.8 Å². The molecule has 1 aromatic rings. The van der Waals surface area contributed by atoms with E-state index in [-0.39, 0.29) is 11.9 Å². The van der Waals surface area contributed by atoms with Gasteiger partial charge >= 0.3 is 5.97 Å². The maximum absolute atomic E-state index is 12.3. The van der Waals surface area contributed by atoms with Crippen LogP contribution in [0.5, 0.6) is 0 Å². The van der Waals surface area contributed by atoms with E-state index in [0.717, 1.165) is 24.9 Å². The van der Waals surface area contributed by atoms with Gasteiger partial charge in [0.2, 0.25) is 0 Å². The SMILES string of the molecule is C[C@H](OC(=O)c1cccc(N(C)C)c1)C(=O)N[C@@H]1CCCC[C@@H]1C. The quantitative estimate of drug-likeness (QED) is 0.842. The van der Waals surface area contributed by atoms with Gasteiger partial charge in [0.1, 0.15) is 0 Å². The smallest absolute Gasteiger partial charge is 0.338 e. The molecule has 132 valence electrons. The molecule has 1 aliphatic rings. The number of esters is 1. The molecule has 0 spiro atoms. The van der Waals surface area contributed by atoms with Crippen LogP contribution in [0, 0.1) is 5.92 Å². The summed E-state index contributed by atoms with van der Waals surface area (Å²) in [6.45, 7) is 3.78. The first-order valence-corrected chi connectivity index (χ1v) is 8.67. The fraction of sp³-hybridized carbons (Fsp3) is 0.579. The molecule has 1 amide bonds. The Labute approximate surface area is 144 Å². The molecule has 1 fully saturated rings. The Bertz CT molecular complexity index is 586. The Hall–Kier alpha value is -2.04. The van der Waals surface area contributed by atoms with Crippen LogP contribution in [0.25, 0.3) is 0 Å². The van der Waals surface area contributed by atoms with Crippen molar-refractivity contribution >= 4 is 17.6 Å². The van der Waals surface area contributed by atoms with Crippen LogP contribution in [0.2, 0.25) is 0 Å². The second-order valence-corrected chi connectivity index (χ2v) is 6.87. The highest BCUT2D eigenvalue weighted by molar-refractivity contribution is 5.93. The zero-order valence-electron chi connectivity index (χ0n) is 15.0. The van der Waals surface area contributed by atoms with Crippen LogP contribution < -0.4 is 10.2 Å². The standard InChI is InChI=1S/C19H28N2O3/c1-13-8-5-6-11-17(13)20-18(22)14(2)24-19(23)15-9-7-10-16(12-15)21(3)4/h7,9-10,12-14,17H,5-6,8,11H2,1-4H3,(H,20,22)/t13-,14-,17+/m0/s1. The van der Waals surface area contributed by atoms with E-state index in [4.69, 9.17) is 4.74 Å². The lowest BCUT2D eigenvalue weighted by Gasteiger charge is -2.30. The van der Waals surface area contributed by atoms with Crippen molar-refractivity contribution in [2.24, 2.45) is 5.92 Å². The lowest BCUT2D eigenvalue weighted by Crippen LogP contribution is -2.46. The normalized spacial score (nSPS) is 21.7. The minimum Gasteiger partial charge on any atom is -0.449 e. The van der Waals surface area contributed by atoms with Gasteiger partial charge in [0.05, 0.1) is 5.56 Å². The van der Waals surface area contributed by atoms with Crippen LogP contribution in [0.1, 0.15) is 49.9 Å². The Kier molecular flexibility index (Phi) is 6.23. The Morgan fingerprint density at radius 2 is 1.96 bits per heavy atom. The largest absolute Gasteiger partial charge is 0.449 e. The number of nitrogens with one attached hydrogen (secondary N) is 1. The van der Waals surface area contributed by atoms with Crippen molar-refractivity contribution < 1.29 is 14.3 Å². The third-order valence-electron chi connectivity index (χ3n) is 4.69. The van der Waals surface area contributed by atoms with Gasteiger partial charge in [0.15, 0.2) is 6.10 Å². The number of nitrogens with zero attached hydrogens (tertiary/aromatic N) is 1. The number of carbonyl (C=O) groups excluding carboxylic acids is 2. The first kappa shape index (κ1) is 18.3. The predicted octanol–water partition coefficient (Wildman–Crippen LogP) is 2.99. The van der Waals surface area contributed by atoms with E-state index in [2.05, 4.69) is 12.2 Å².